The quantitative estimate of drug-likeness (QED) is 0.523. The van der Waals surface area contributed by atoms with Crippen LogP contribution in [-0.2, 0) is 13.0 Å². The van der Waals surface area contributed by atoms with Crippen LogP contribution in [0.1, 0.15) is 18.5 Å². The molecule has 1 aromatic rings. The largest absolute Gasteiger partial charge is 1.00 e. The van der Waals surface area contributed by atoms with E-state index >= 15 is 0 Å². The van der Waals surface area contributed by atoms with Gasteiger partial charge in [-0.15, -0.1) is 0 Å². The fourth-order valence-corrected chi connectivity index (χ4v) is 1.72. The van der Waals surface area contributed by atoms with Crippen molar-refractivity contribution >= 4 is 12.4 Å². The molecule has 2 heterocycles. The van der Waals surface area contributed by atoms with Crippen molar-refractivity contribution in [3.63, 3.8) is 0 Å². The third kappa shape index (κ3) is 2.44. The van der Waals surface area contributed by atoms with Crippen molar-refractivity contribution in [2.75, 3.05) is 0 Å². The van der Waals surface area contributed by atoms with E-state index in [1.807, 2.05) is 0 Å². The van der Waals surface area contributed by atoms with Crippen molar-refractivity contribution in [2.24, 2.45) is 0 Å². The summed E-state index contributed by atoms with van der Waals surface area (Å²) in [5.41, 5.74) is -0.126. The fourth-order valence-electron chi connectivity index (χ4n) is 1.72. The molecule has 14 heavy (non-hydrogen) atoms. The molecule has 1 aliphatic rings. The van der Waals surface area contributed by atoms with Crippen LogP contribution in [-0.4, -0.2) is 16.8 Å². The van der Waals surface area contributed by atoms with Crippen LogP contribution in [0.2, 0.25) is 0 Å². The van der Waals surface area contributed by atoms with Gasteiger partial charge in [-0.2, -0.15) is 5.10 Å². The molecule has 72 valence electrons. The first-order chi connectivity index (χ1) is 6.09. The zero-order valence-corrected chi connectivity index (χ0v) is 11.1. The Bertz CT molecular complexity index is 323. The molecule has 0 N–H and O–H groups in total. The number of fused-ring (bicyclic) bond motifs is 1. The minimum Gasteiger partial charge on any atom is -0.445 e. The SMILES string of the molecule is F[B-](F)(F)c1cnn2c1CCCC2.[K+]. The first-order valence-electron chi connectivity index (χ1n) is 4.33. The molecule has 0 atom stereocenters. The number of nitrogens with zero attached hydrogens (tertiary/aromatic N) is 2. The number of hydrogen-bond donors (Lipinski definition) is 0. The van der Waals surface area contributed by atoms with E-state index in [9.17, 15) is 12.9 Å². The molecule has 0 aliphatic carbocycles. The number of hydrogen-bond acceptors (Lipinski definition) is 1. The molecule has 0 bridgehead atoms. The summed E-state index contributed by atoms with van der Waals surface area (Å²) >= 11 is 0. The molecule has 1 aliphatic heterocycles. The fraction of sp³-hybridized carbons (Fsp3) is 0.571. The van der Waals surface area contributed by atoms with E-state index in [2.05, 4.69) is 5.10 Å². The van der Waals surface area contributed by atoms with Crippen molar-refractivity contribution in [3.8, 4) is 0 Å². The monoisotopic (exact) mass is 228 g/mol. The summed E-state index contributed by atoms with van der Waals surface area (Å²) in [6.45, 7) is -4.25. The topological polar surface area (TPSA) is 17.8 Å². The summed E-state index contributed by atoms with van der Waals surface area (Å²) < 4.78 is 38.7. The Labute approximate surface area is 123 Å². The van der Waals surface area contributed by atoms with Crippen molar-refractivity contribution in [3.05, 3.63) is 11.9 Å². The van der Waals surface area contributed by atoms with Crippen LogP contribution in [0.25, 0.3) is 0 Å². The molecule has 0 spiro atoms. The molecule has 0 fully saturated rings. The zero-order chi connectivity index (χ0) is 9.47. The van der Waals surface area contributed by atoms with Gasteiger partial charge in [0.2, 0.25) is 0 Å². The Morgan fingerprint density at radius 1 is 1.29 bits per heavy atom. The van der Waals surface area contributed by atoms with Gasteiger partial charge in [0.1, 0.15) is 0 Å². The Hall–Kier alpha value is 0.701. The molecular weight excluding hydrogens is 219 g/mol. The normalized spacial score (nSPS) is 15.9. The number of rotatable bonds is 1. The van der Waals surface area contributed by atoms with E-state index in [4.69, 9.17) is 0 Å². The van der Waals surface area contributed by atoms with Crippen molar-refractivity contribution in [2.45, 2.75) is 25.8 Å². The van der Waals surface area contributed by atoms with Crippen LogP contribution >= 0.6 is 0 Å². The van der Waals surface area contributed by atoms with Gasteiger partial charge in [0.05, 0.1) is 0 Å². The van der Waals surface area contributed by atoms with Gasteiger partial charge in [-0.25, -0.2) is 0 Å². The molecule has 2 nitrogen and oxygen atoms in total. The van der Waals surface area contributed by atoms with Gasteiger partial charge >= 0.3 is 58.4 Å². The Morgan fingerprint density at radius 3 is 2.64 bits per heavy atom. The Balaban J connectivity index is 0.000000980. The molecule has 0 saturated heterocycles. The standard InChI is InChI=1S/C7H9BF3N2.K/c9-8(10,11)6-5-12-13-4-2-1-3-7(6)13;/h5H,1-4H2;/q-1;+1. The second-order valence-electron chi connectivity index (χ2n) is 3.30. The predicted molar refractivity (Wildman–Crippen MR) is 43.9 cm³/mol. The molecule has 0 aromatic carbocycles. The molecule has 2 rings (SSSR count). The van der Waals surface area contributed by atoms with Crippen LogP contribution < -0.4 is 56.8 Å². The zero-order valence-electron chi connectivity index (χ0n) is 8.01. The van der Waals surface area contributed by atoms with Gasteiger partial charge in [-0.3, -0.25) is 4.68 Å². The third-order valence-corrected chi connectivity index (χ3v) is 2.37. The van der Waals surface area contributed by atoms with Gasteiger partial charge in [-0.1, -0.05) is 5.46 Å². The van der Waals surface area contributed by atoms with Crippen LogP contribution in [0, 0.1) is 0 Å². The third-order valence-electron chi connectivity index (χ3n) is 2.37. The maximum absolute atomic E-state index is 12.4. The Morgan fingerprint density at radius 2 is 2.00 bits per heavy atom. The number of aromatic nitrogens is 2. The summed E-state index contributed by atoms with van der Waals surface area (Å²) in [6, 6.07) is 0. The average molecular weight is 228 g/mol. The number of halogens is 3. The maximum Gasteiger partial charge on any atom is 1.00 e. The van der Waals surface area contributed by atoms with E-state index < -0.39 is 12.4 Å². The van der Waals surface area contributed by atoms with Crippen molar-refractivity contribution < 1.29 is 64.3 Å². The van der Waals surface area contributed by atoms with E-state index in [1.165, 1.54) is 4.68 Å². The predicted octanol–water partition coefficient (Wildman–Crippen LogP) is -1.72. The molecule has 7 heteroatoms. The van der Waals surface area contributed by atoms with Crippen LogP contribution in [0.5, 0.6) is 0 Å². The van der Waals surface area contributed by atoms with E-state index in [0.29, 0.717) is 18.7 Å². The second kappa shape index (κ2) is 4.69. The maximum atomic E-state index is 12.4. The van der Waals surface area contributed by atoms with Crippen LogP contribution in [0.4, 0.5) is 12.9 Å². The first-order valence-corrected chi connectivity index (χ1v) is 4.33. The minimum atomic E-state index is -4.87. The van der Waals surface area contributed by atoms with Crippen LogP contribution in [0.15, 0.2) is 6.20 Å². The van der Waals surface area contributed by atoms with Gasteiger partial charge < -0.3 is 12.9 Å². The second-order valence-corrected chi connectivity index (χ2v) is 3.30. The van der Waals surface area contributed by atoms with Gasteiger partial charge in [0.25, 0.3) is 0 Å². The summed E-state index contributed by atoms with van der Waals surface area (Å²) in [5, 5.41) is 3.74. The van der Waals surface area contributed by atoms with Crippen LogP contribution in [0.3, 0.4) is 0 Å². The minimum absolute atomic E-state index is 0. The molecule has 1 aromatic heterocycles. The molecule has 0 amide bonds. The van der Waals surface area contributed by atoms with Gasteiger partial charge in [-0.05, 0) is 19.3 Å². The smallest absolute Gasteiger partial charge is 0.445 e. The van der Waals surface area contributed by atoms with Crippen molar-refractivity contribution in [1.29, 1.82) is 0 Å². The summed E-state index contributed by atoms with van der Waals surface area (Å²) in [5.74, 6) is 0. The molecule has 0 radical (unpaired) electrons. The summed E-state index contributed by atoms with van der Waals surface area (Å²) in [4.78, 5) is 0. The van der Waals surface area contributed by atoms with E-state index in [1.54, 1.807) is 0 Å². The molecular formula is C7H9BF3KN2. The van der Waals surface area contributed by atoms with Gasteiger partial charge in [0, 0.05) is 18.4 Å². The van der Waals surface area contributed by atoms with E-state index in [-0.39, 0.29) is 51.4 Å². The Kier molecular flexibility index (Phi) is 4.28. The van der Waals surface area contributed by atoms with Crippen molar-refractivity contribution in [1.82, 2.24) is 9.78 Å². The molecule has 0 unspecified atom stereocenters. The first kappa shape index (κ1) is 12.8. The molecule has 0 saturated carbocycles. The number of aryl methyl sites for hydroxylation is 1. The van der Waals surface area contributed by atoms with Gasteiger partial charge in [0.15, 0.2) is 0 Å². The average Bonchev–Trinajstić information content (AvgIpc) is 2.45. The summed E-state index contributed by atoms with van der Waals surface area (Å²) in [7, 11) is 0. The summed E-state index contributed by atoms with van der Waals surface area (Å²) in [6.07, 6.45) is 3.24. The van der Waals surface area contributed by atoms with E-state index in [0.717, 1.165) is 19.0 Å².